The molecule has 6 nitrogen and oxygen atoms in total. The van der Waals surface area contributed by atoms with Crippen LogP contribution in [-0.4, -0.2) is 15.9 Å². The number of aromatic nitrogens is 2. The predicted octanol–water partition coefficient (Wildman–Crippen LogP) is 1.47. The number of anilines is 1. The smallest absolute Gasteiger partial charge is 0.405 e. The molecule has 2 aromatic rings. The van der Waals surface area contributed by atoms with Crippen LogP contribution in [-0.2, 0) is 6.42 Å². The van der Waals surface area contributed by atoms with E-state index in [4.69, 9.17) is 16.2 Å². The largest absolute Gasteiger partial charge is 0.410 e. The van der Waals surface area contributed by atoms with Crippen LogP contribution in [0.4, 0.5) is 10.6 Å². The molecule has 0 aliphatic rings. The molecular formula is C12H14N4O2. The van der Waals surface area contributed by atoms with E-state index in [0.717, 1.165) is 17.7 Å². The molecule has 0 aliphatic carbocycles. The standard InChI is InChI=1S/C12H14N4O2/c1-2-8-5-3-4-6-9(8)16-11(13)10(7-15-16)18-12(14)17/h3-7H,2,13H2,1H3,(H2,14,17). The Hall–Kier alpha value is -2.50. The molecule has 0 atom stereocenters. The van der Waals surface area contributed by atoms with E-state index in [9.17, 15) is 4.79 Å². The maximum absolute atomic E-state index is 10.7. The Labute approximate surface area is 104 Å². The minimum absolute atomic E-state index is 0.161. The summed E-state index contributed by atoms with van der Waals surface area (Å²) >= 11 is 0. The summed E-state index contributed by atoms with van der Waals surface area (Å²) in [4.78, 5) is 10.7. The number of aryl methyl sites for hydroxylation is 1. The summed E-state index contributed by atoms with van der Waals surface area (Å²) < 4.78 is 6.28. The molecule has 1 aromatic carbocycles. The molecule has 0 saturated heterocycles. The van der Waals surface area contributed by atoms with Crippen LogP contribution < -0.4 is 16.2 Å². The van der Waals surface area contributed by atoms with E-state index in [2.05, 4.69) is 5.10 Å². The van der Waals surface area contributed by atoms with Crippen molar-refractivity contribution in [2.75, 3.05) is 5.73 Å². The highest BCUT2D eigenvalue weighted by Crippen LogP contribution is 2.25. The molecule has 1 heterocycles. The van der Waals surface area contributed by atoms with Gasteiger partial charge in [-0.3, -0.25) is 0 Å². The highest BCUT2D eigenvalue weighted by atomic mass is 16.5. The summed E-state index contributed by atoms with van der Waals surface area (Å²) in [6, 6.07) is 7.73. The van der Waals surface area contributed by atoms with Gasteiger partial charge in [0.1, 0.15) is 0 Å². The second kappa shape index (κ2) is 4.79. The Balaban J connectivity index is 2.45. The highest BCUT2D eigenvalue weighted by molar-refractivity contribution is 5.70. The second-order valence-electron chi connectivity index (χ2n) is 3.71. The summed E-state index contributed by atoms with van der Waals surface area (Å²) in [7, 11) is 0. The monoisotopic (exact) mass is 246 g/mol. The summed E-state index contributed by atoms with van der Waals surface area (Å²) in [5, 5.41) is 4.11. The highest BCUT2D eigenvalue weighted by Gasteiger charge is 2.13. The van der Waals surface area contributed by atoms with Crippen molar-refractivity contribution in [3.8, 4) is 11.4 Å². The van der Waals surface area contributed by atoms with Gasteiger partial charge < -0.3 is 16.2 Å². The fourth-order valence-corrected chi connectivity index (χ4v) is 1.74. The van der Waals surface area contributed by atoms with E-state index < -0.39 is 6.09 Å². The molecule has 2 rings (SSSR count). The lowest BCUT2D eigenvalue weighted by molar-refractivity contribution is 0.211. The fraction of sp³-hybridized carbons (Fsp3) is 0.167. The maximum Gasteiger partial charge on any atom is 0.410 e. The number of primary amides is 1. The summed E-state index contributed by atoms with van der Waals surface area (Å²) in [6.07, 6.45) is 1.30. The number of amides is 1. The number of hydrogen-bond donors (Lipinski definition) is 2. The van der Waals surface area contributed by atoms with E-state index >= 15 is 0 Å². The van der Waals surface area contributed by atoms with Crippen molar-refractivity contribution in [1.29, 1.82) is 0 Å². The first-order valence-corrected chi connectivity index (χ1v) is 5.52. The number of hydrogen-bond acceptors (Lipinski definition) is 4. The number of rotatable bonds is 3. The second-order valence-corrected chi connectivity index (χ2v) is 3.71. The van der Waals surface area contributed by atoms with Gasteiger partial charge in [0.05, 0.1) is 11.9 Å². The van der Waals surface area contributed by atoms with E-state index in [-0.39, 0.29) is 11.6 Å². The van der Waals surface area contributed by atoms with E-state index in [1.165, 1.54) is 10.9 Å². The molecule has 0 fully saturated rings. The van der Waals surface area contributed by atoms with Gasteiger partial charge in [0, 0.05) is 0 Å². The first-order chi connectivity index (χ1) is 8.63. The average molecular weight is 246 g/mol. The maximum atomic E-state index is 10.7. The van der Waals surface area contributed by atoms with E-state index in [0.29, 0.717) is 0 Å². The van der Waals surface area contributed by atoms with Gasteiger partial charge in [-0.05, 0) is 18.1 Å². The molecule has 0 unspecified atom stereocenters. The van der Waals surface area contributed by atoms with Crippen LogP contribution >= 0.6 is 0 Å². The summed E-state index contributed by atoms with van der Waals surface area (Å²) in [6.45, 7) is 2.04. The fourth-order valence-electron chi connectivity index (χ4n) is 1.74. The van der Waals surface area contributed by atoms with Crippen molar-refractivity contribution < 1.29 is 9.53 Å². The van der Waals surface area contributed by atoms with Crippen molar-refractivity contribution in [2.45, 2.75) is 13.3 Å². The molecule has 18 heavy (non-hydrogen) atoms. The van der Waals surface area contributed by atoms with Crippen LogP contribution in [0.1, 0.15) is 12.5 Å². The molecule has 4 N–H and O–H groups in total. The molecular weight excluding hydrogens is 232 g/mol. The van der Waals surface area contributed by atoms with Crippen LogP contribution in [0, 0.1) is 0 Å². The zero-order valence-electron chi connectivity index (χ0n) is 9.96. The minimum Gasteiger partial charge on any atom is -0.405 e. The van der Waals surface area contributed by atoms with Gasteiger partial charge in [-0.25, -0.2) is 9.48 Å². The lowest BCUT2D eigenvalue weighted by Gasteiger charge is -2.09. The Morgan fingerprint density at radius 2 is 2.17 bits per heavy atom. The lowest BCUT2D eigenvalue weighted by atomic mass is 10.1. The van der Waals surface area contributed by atoms with Gasteiger partial charge in [-0.1, -0.05) is 25.1 Å². The van der Waals surface area contributed by atoms with Gasteiger partial charge in [-0.15, -0.1) is 0 Å². The number of benzene rings is 1. The van der Waals surface area contributed by atoms with Crippen molar-refractivity contribution in [3.05, 3.63) is 36.0 Å². The van der Waals surface area contributed by atoms with Crippen molar-refractivity contribution in [3.63, 3.8) is 0 Å². The van der Waals surface area contributed by atoms with Crippen LogP contribution in [0.3, 0.4) is 0 Å². The van der Waals surface area contributed by atoms with Crippen molar-refractivity contribution in [1.82, 2.24) is 9.78 Å². The molecule has 0 radical (unpaired) electrons. The SMILES string of the molecule is CCc1ccccc1-n1ncc(OC(N)=O)c1N. The number of para-hydroxylation sites is 1. The van der Waals surface area contributed by atoms with Gasteiger partial charge in [0.2, 0.25) is 0 Å². The Kier molecular flexibility index (Phi) is 3.18. The molecule has 94 valence electrons. The first-order valence-electron chi connectivity index (χ1n) is 5.52. The third-order valence-corrected chi connectivity index (χ3v) is 2.58. The molecule has 0 aliphatic heterocycles. The number of nitrogens with zero attached hydrogens (tertiary/aromatic N) is 2. The normalized spacial score (nSPS) is 10.3. The molecule has 6 heteroatoms. The lowest BCUT2D eigenvalue weighted by Crippen LogP contribution is -2.17. The first kappa shape index (κ1) is 12.0. The van der Waals surface area contributed by atoms with Gasteiger partial charge in [-0.2, -0.15) is 5.10 Å². The predicted molar refractivity (Wildman–Crippen MR) is 67.6 cm³/mol. The number of carbonyl (C=O) groups is 1. The van der Waals surface area contributed by atoms with Gasteiger partial charge in [0.25, 0.3) is 0 Å². The zero-order chi connectivity index (χ0) is 13.1. The third kappa shape index (κ3) is 2.13. The number of ether oxygens (including phenoxy) is 1. The topological polar surface area (TPSA) is 96.2 Å². The average Bonchev–Trinajstić information content (AvgIpc) is 2.70. The van der Waals surface area contributed by atoms with Crippen LogP contribution in [0.5, 0.6) is 5.75 Å². The number of carbonyl (C=O) groups excluding carboxylic acids is 1. The Bertz CT molecular complexity index is 577. The molecule has 1 aromatic heterocycles. The number of nitrogens with two attached hydrogens (primary N) is 2. The van der Waals surface area contributed by atoms with Gasteiger partial charge in [0.15, 0.2) is 11.6 Å². The molecule has 0 saturated carbocycles. The molecule has 0 bridgehead atoms. The molecule has 0 spiro atoms. The summed E-state index contributed by atoms with van der Waals surface area (Å²) in [5.74, 6) is 0.406. The van der Waals surface area contributed by atoms with E-state index in [1.807, 2.05) is 31.2 Å². The van der Waals surface area contributed by atoms with Crippen molar-refractivity contribution >= 4 is 11.9 Å². The Morgan fingerprint density at radius 1 is 1.44 bits per heavy atom. The van der Waals surface area contributed by atoms with Crippen LogP contribution in [0.2, 0.25) is 0 Å². The number of nitrogen functional groups attached to an aromatic ring is 1. The quantitative estimate of drug-likeness (QED) is 0.857. The Morgan fingerprint density at radius 3 is 2.83 bits per heavy atom. The molecule has 1 amide bonds. The van der Waals surface area contributed by atoms with Crippen LogP contribution in [0.25, 0.3) is 5.69 Å². The van der Waals surface area contributed by atoms with Crippen LogP contribution in [0.15, 0.2) is 30.5 Å². The zero-order valence-corrected chi connectivity index (χ0v) is 9.96. The van der Waals surface area contributed by atoms with Crippen molar-refractivity contribution in [2.24, 2.45) is 5.73 Å². The minimum atomic E-state index is -0.912. The third-order valence-electron chi connectivity index (χ3n) is 2.58. The van der Waals surface area contributed by atoms with Gasteiger partial charge >= 0.3 is 6.09 Å². The summed E-state index contributed by atoms with van der Waals surface area (Å²) in [5.41, 5.74) is 12.8. The van der Waals surface area contributed by atoms with E-state index in [1.54, 1.807) is 0 Å².